The molecule has 0 bridgehead atoms. The van der Waals surface area contributed by atoms with Crippen LogP contribution in [0.2, 0.25) is 0 Å². The number of hydrogen-bond donors (Lipinski definition) is 5. The standard InChI is InChI=1S/2C7H13NO3.C4H9NO3S/c1-5(9)6(8-2)3-4-7(10)11;1-5(9)3-4-6(8-2)7(10)11;1-4(6)3-9(7,8)5-2/h2*6,8H,3-4H2,1-2H3,(H,10,11);5H,3H2,1-2H3. The summed E-state index contributed by atoms with van der Waals surface area (Å²) < 4.78 is 23.0. The Morgan fingerprint density at radius 1 is 0.774 bits per heavy atom. The summed E-state index contributed by atoms with van der Waals surface area (Å²) in [5, 5.41) is 22.2. The molecular weight excluding hydrogens is 434 g/mol. The van der Waals surface area contributed by atoms with Crippen LogP contribution >= 0.6 is 0 Å². The Morgan fingerprint density at radius 3 is 1.45 bits per heavy atom. The Kier molecular flexibility index (Phi) is 20.0. The van der Waals surface area contributed by atoms with Crippen molar-refractivity contribution in [3.8, 4) is 0 Å². The summed E-state index contributed by atoms with van der Waals surface area (Å²) in [6.07, 6.45) is 1.07. The Morgan fingerprint density at radius 2 is 1.23 bits per heavy atom. The predicted molar refractivity (Wildman–Crippen MR) is 114 cm³/mol. The van der Waals surface area contributed by atoms with Crippen molar-refractivity contribution in [3.63, 3.8) is 0 Å². The minimum atomic E-state index is -3.32. The van der Waals surface area contributed by atoms with Crippen molar-refractivity contribution in [2.75, 3.05) is 26.9 Å². The lowest BCUT2D eigenvalue weighted by molar-refractivity contribution is -0.140. The number of aliphatic carboxylic acids is 2. The molecule has 0 heterocycles. The van der Waals surface area contributed by atoms with Gasteiger partial charge in [0.15, 0.2) is 0 Å². The van der Waals surface area contributed by atoms with E-state index in [4.69, 9.17) is 10.2 Å². The number of sulfonamides is 1. The van der Waals surface area contributed by atoms with Gasteiger partial charge in [-0.05, 0) is 54.8 Å². The Labute approximate surface area is 183 Å². The zero-order valence-electron chi connectivity index (χ0n) is 18.9. The number of ketones is 3. The molecular formula is C18H35N3O9S. The number of Topliss-reactive ketones (excluding diaryl/α,β-unsaturated/α-hetero) is 3. The number of nitrogens with one attached hydrogen (secondary N) is 3. The molecule has 0 radical (unpaired) electrons. The molecule has 0 saturated heterocycles. The monoisotopic (exact) mass is 469 g/mol. The first-order valence-corrected chi connectivity index (χ1v) is 11.0. The van der Waals surface area contributed by atoms with Gasteiger partial charge in [0.25, 0.3) is 0 Å². The summed E-state index contributed by atoms with van der Waals surface area (Å²) in [7, 11) is 1.17. The molecule has 5 N–H and O–H groups in total. The third-order valence-corrected chi connectivity index (χ3v) is 5.03. The summed E-state index contributed by atoms with van der Waals surface area (Å²) in [6, 6.07) is -0.912. The summed E-state index contributed by atoms with van der Waals surface area (Å²) in [5.74, 6) is -2.56. The third kappa shape index (κ3) is 23.9. The van der Waals surface area contributed by atoms with Crippen LogP contribution < -0.4 is 15.4 Å². The van der Waals surface area contributed by atoms with Gasteiger partial charge < -0.3 is 25.6 Å². The second-order valence-electron chi connectivity index (χ2n) is 6.47. The normalized spacial score (nSPS) is 12.2. The van der Waals surface area contributed by atoms with Crippen LogP contribution in [0.5, 0.6) is 0 Å². The minimum Gasteiger partial charge on any atom is -0.481 e. The van der Waals surface area contributed by atoms with Crippen LogP contribution in [0, 0.1) is 0 Å². The van der Waals surface area contributed by atoms with Crippen LogP contribution in [0.25, 0.3) is 0 Å². The highest BCUT2D eigenvalue weighted by Crippen LogP contribution is 1.98. The minimum absolute atomic E-state index is 0.0197. The number of carbonyl (C=O) groups is 5. The molecule has 0 aromatic carbocycles. The van der Waals surface area contributed by atoms with Crippen LogP contribution in [0.15, 0.2) is 0 Å². The summed E-state index contributed by atoms with van der Waals surface area (Å²) in [5.41, 5.74) is 0. The summed E-state index contributed by atoms with van der Waals surface area (Å²) in [4.78, 5) is 51.9. The van der Waals surface area contributed by atoms with Gasteiger partial charge in [-0.2, -0.15) is 0 Å². The van der Waals surface area contributed by atoms with Gasteiger partial charge in [0.2, 0.25) is 10.0 Å². The van der Waals surface area contributed by atoms with Crippen LogP contribution in [-0.2, 0) is 34.0 Å². The topological polar surface area (TPSA) is 196 Å². The molecule has 31 heavy (non-hydrogen) atoms. The van der Waals surface area contributed by atoms with E-state index >= 15 is 0 Å². The van der Waals surface area contributed by atoms with E-state index in [0.717, 1.165) is 0 Å². The van der Waals surface area contributed by atoms with Gasteiger partial charge in [0.1, 0.15) is 29.1 Å². The van der Waals surface area contributed by atoms with E-state index in [1.165, 1.54) is 27.8 Å². The fourth-order valence-corrected chi connectivity index (χ4v) is 2.58. The van der Waals surface area contributed by atoms with Crippen molar-refractivity contribution in [1.82, 2.24) is 15.4 Å². The highest BCUT2D eigenvalue weighted by Gasteiger charge is 2.14. The lowest BCUT2D eigenvalue weighted by Crippen LogP contribution is -2.34. The van der Waals surface area contributed by atoms with Crippen LogP contribution in [0.1, 0.15) is 46.5 Å². The largest absolute Gasteiger partial charge is 0.481 e. The van der Waals surface area contributed by atoms with Gasteiger partial charge in [-0.15, -0.1) is 0 Å². The SMILES string of the molecule is CNC(CCC(=O)O)C(C)=O.CNC(CCC(C)=O)C(=O)O.CNS(=O)(=O)CC(C)=O. The van der Waals surface area contributed by atoms with Crippen LogP contribution in [-0.4, -0.2) is 86.9 Å². The molecule has 0 aromatic rings. The predicted octanol–water partition coefficient (Wildman–Crippen LogP) is -0.819. The van der Waals surface area contributed by atoms with Gasteiger partial charge in [-0.25, -0.2) is 13.1 Å². The molecule has 0 aliphatic heterocycles. The summed E-state index contributed by atoms with van der Waals surface area (Å²) in [6.45, 7) is 4.13. The highest BCUT2D eigenvalue weighted by atomic mass is 32.2. The molecule has 12 nitrogen and oxygen atoms in total. The molecule has 0 aliphatic carbocycles. The first kappa shape index (κ1) is 33.4. The number of likely N-dealkylation sites (N-methyl/N-ethyl adjacent to an activating group) is 2. The number of carboxylic acids is 2. The lowest BCUT2D eigenvalue weighted by Gasteiger charge is -2.09. The maximum Gasteiger partial charge on any atom is 0.320 e. The fraction of sp³-hybridized carbons (Fsp3) is 0.722. The van der Waals surface area contributed by atoms with Gasteiger partial charge in [-0.3, -0.25) is 19.2 Å². The van der Waals surface area contributed by atoms with E-state index in [9.17, 15) is 32.4 Å². The fourth-order valence-electron chi connectivity index (χ4n) is 1.90. The molecule has 0 amide bonds. The summed E-state index contributed by atoms with van der Waals surface area (Å²) >= 11 is 0. The molecule has 0 aromatic heterocycles. The number of rotatable bonds is 13. The number of hydrogen-bond acceptors (Lipinski definition) is 9. The number of carboxylic acid groups (broad SMARTS) is 2. The first-order chi connectivity index (χ1) is 14.1. The average molecular weight is 470 g/mol. The van der Waals surface area contributed by atoms with Gasteiger partial charge in [0.05, 0.1) is 6.04 Å². The van der Waals surface area contributed by atoms with Crippen molar-refractivity contribution in [2.45, 2.75) is 58.5 Å². The Hall–Kier alpha value is -2.22. The third-order valence-electron chi connectivity index (χ3n) is 3.62. The number of carbonyl (C=O) groups excluding carboxylic acids is 3. The second-order valence-corrected chi connectivity index (χ2v) is 8.40. The van der Waals surface area contributed by atoms with Crippen molar-refractivity contribution in [2.24, 2.45) is 0 Å². The quantitative estimate of drug-likeness (QED) is 0.226. The van der Waals surface area contributed by atoms with Crippen molar-refractivity contribution >= 4 is 39.3 Å². The zero-order valence-corrected chi connectivity index (χ0v) is 19.7. The van der Waals surface area contributed by atoms with Crippen LogP contribution in [0.3, 0.4) is 0 Å². The van der Waals surface area contributed by atoms with Gasteiger partial charge >= 0.3 is 11.9 Å². The molecule has 0 fully saturated rings. The molecule has 0 aliphatic rings. The molecule has 13 heteroatoms. The Bertz CT molecular complexity index is 657. The molecule has 2 atom stereocenters. The maximum absolute atomic E-state index is 10.7. The van der Waals surface area contributed by atoms with E-state index in [-0.39, 0.29) is 29.8 Å². The van der Waals surface area contributed by atoms with Crippen molar-refractivity contribution < 1.29 is 42.6 Å². The smallest absolute Gasteiger partial charge is 0.320 e. The second kappa shape index (κ2) is 18.5. The Balaban J connectivity index is -0.000000382. The lowest BCUT2D eigenvalue weighted by atomic mass is 10.1. The van der Waals surface area contributed by atoms with E-state index < -0.39 is 33.8 Å². The van der Waals surface area contributed by atoms with E-state index in [1.807, 2.05) is 4.72 Å². The van der Waals surface area contributed by atoms with Gasteiger partial charge in [0, 0.05) is 12.8 Å². The molecule has 2 unspecified atom stereocenters. The molecule has 0 saturated carbocycles. The van der Waals surface area contributed by atoms with E-state index in [0.29, 0.717) is 19.3 Å². The van der Waals surface area contributed by atoms with Crippen molar-refractivity contribution in [1.29, 1.82) is 0 Å². The van der Waals surface area contributed by atoms with Crippen LogP contribution in [0.4, 0.5) is 0 Å². The van der Waals surface area contributed by atoms with E-state index in [2.05, 4.69) is 10.6 Å². The first-order valence-electron chi connectivity index (χ1n) is 9.33. The molecule has 182 valence electrons. The maximum atomic E-state index is 10.7. The molecule has 0 rings (SSSR count). The highest BCUT2D eigenvalue weighted by molar-refractivity contribution is 7.90. The van der Waals surface area contributed by atoms with Crippen molar-refractivity contribution in [3.05, 3.63) is 0 Å². The zero-order chi connectivity index (χ0) is 25.2. The molecule has 0 spiro atoms. The van der Waals surface area contributed by atoms with E-state index in [1.54, 1.807) is 14.1 Å². The van der Waals surface area contributed by atoms with Gasteiger partial charge in [-0.1, -0.05) is 0 Å². The average Bonchev–Trinajstić information content (AvgIpc) is 2.61.